The quantitative estimate of drug-likeness (QED) is 0.177. The van der Waals surface area contributed by atoms with E-state index in [1.807, 2.05) is 13.8 Å². The van der Waals surface area contributed by atoms with Crippen LogP contribution in [0.2, 0.25) is 0 Å². The first-order valence-electron chi connectivity index (χ1n) is 15.3. The molecule has 43 heavy (non-hydrogen) atoms. The van der Waals surface area contributed by atoms with Crippen molar-refractivity contribution in [2.75, 3.05) is 4.90 Å². The van der Waals surface area contributed by atoms with Crippen LogP contribution in [-0.2, 0) is 11.1 Å². The van der Waals surface area contributed by atoms with E-state index < -0.39 is 5.66 Å². The molecule has 0 amide bonds. The molecule has 0 N–H and O–H groups in total. The highest BCUT2D eigenvalue weighted by Crippen LogP contribution is 2.65. The van der Waals surface area contributed by atoms with Gasteiger partial charge in [0.1, 0.15) is 28.4 Å². The van der Waals surface area contributed by atoms with Crippen LogP contribution in [-0.4, -0.2) is 4.68 Å². The molecule has 5 nitrogen and oxygen atoms in total. The van der Waals surface area contributed by atoms with Crippen LogP contribution in [0.4, 0.5) is 17.2 Å². The number of rotatable bonds is 0. The Morgan fingerprint density at radius 3 is 2.21 bits per heavy atom. The Morgan fingerprint density at radius 2 is 1.35 bits per heavy atom. The van der Waals surface area contributed by atoms with Crippen molar-refractivity contribution >= 4 is 17.2 Å². The number of ether oxygens (including phenoxy) is 1. The molecule has 7 heterocycles. The van der Waals surface area contributed by atoms with E-state index in [4.69, 9.17) is 4.74 Å². The lowest BCUT2D eigenvalue weighted by molar-refractivity contribution is -0.991. The molecule has 4 aromatic carbocycles. The average molecular weight is 559 g/mol. The minimum atomic E-state index is -0.641. The second kappa shape index (κ2) is 7.42. The molecule has 5 aliphatic heterocycles. The molecular formula is C38H30N4O+2. The van der Waals surface area contributed by atoms with E-state index >= 15 is 0 Å². The summed E-state index contributed by atoms with van der Waals surface area (Å²) in [6.07, 6.45) is 6.66. The normalized spacial score (nSPS) is 18.7. The van der Waals surface area contributed by atoms with Crippen LogP contribution in [0.3, 0.4) is 0 Å². The summed E-state index contributed by atoms with van der Waals surface area (Å²) in [6, 6.07) is 33.4. The summed E-state index contributed by atoms with van der Waals surface area (Å²) in [6.45, 7) is 8.76. The second-order valence-corrected chi connectivity index (χ2v) is 12.3. The molecular weight excluding hydrogens is 528 g/mol. The number of nitrogens with zero attached hydrogens (tertiary/aromatic N) is 4. The van der Waals surface area contributed by atoms with E-state index in [0.717, 1.165) is 17.2 Å². The smallest absolute Gasteiger partial charge is 0.397 e. The molecule has 0 bridgehead atoms. The van der Waals surface area contributed by atoms with Gasteiger partial charge in [-0.2, -0.15) is 9.47 Å². The lowest BCUT2D eigenvalue weighted by atomic mass is 9.69. The van der Waals surface area contributed by atoms with Crippen LogP contribution >= 0.6 is 0 Å². The zero-order valence-electron chi connectivity index (χ0n) is 24.6. The minimum absolute atomic E-state index is 0.213. The van der Waals surface area contributed by atoms with Crippen molar-refractivity contribution < 1.29 is 14.0 Å². The van der Waals surface area contributed by atoms with Gasteiger partial charge in [-0.05, 0) is 41.5 Å². The Morgan fingerprint density at radius 1 is 0.628 bits per heavy atom. The Hall–Kier alpha value is -5.16. The topological polar surface area (TPSA) is 25.2 Å². The van der Waals surface area contributed by atoms with Crippen LogP contribution in [0.5, 0.6) is 11.5 Å². The summed E-state index contributed by atoms with van der Waals surface area (Å²) in [7, 11) is 0. The predicted molar refractivity (Wildman–Crippen MR) is 167 cm³/mol. The van der Waals surface area contributed by atoms with E-state index in [2.05, 4.69) is 142 Å². The first kappa shape index (κ1) is 23.4. The first-order chi connectivity index (χ1) is 21.1. The van der Waals surface area contributed by atoms with E-state index in [1.54, 1.807) is 0 Å². The van der Waals surface area contributed by atoms with Crippen LogP contribution in [0.25, 0.3) is 27.9 Å². The fourth-order valence-electron chi connectivity index (χ4n) is 8.63. The monoisotopic (exact) mass is 558 g/mol. The molecule has 0 fully saturated rings. The van der Waals surface area contributed by atoms with Crippen molar-refractivity contribution in [2.24, 2.45) is 0 Å². The molecule has 11 rings (SSSR count). The maximum absolute atomic E-state index is 6.83. The number of hydrogen-bond donors (Lipinski definition) is 0. The highest BCUT2D eigenvalue weighted by molar-refractivity contribution is 6.05. The van der Waals surface area contributed by atoms with Gasteiger partial charge in [0, 0.05) is 28.2 Å². The van der Waals surface area contributed by atoms with Gasteiger partial charge in [0.15, 0.2) is 11.3 Å². The molecule has 0 aliphatic carbocycles. The van der Waals surface area contributed by atoms with Gasteiger partial charge >= 0.3 is 11.5 Å². The Bertz CT molecular complexity index is 2240. The van der Waals surface area contributed by atoms with Gasteiger partial charge in [-0.15, -0.1) is 4.68 Å². The third-order valence-electron chi connectivity index (χ3n) is 10.2. The van der Waals surface area contributed by atoms with Gasteiger partial charge in [0.2, 0.25) is 6.20 Å². The Kier molecular flexibility index (Phi) is 4.04. The summed E-state index contributed by atoms with van der Waals surface area (Å²) >= 11 is 0. The third kappa shape index (κ3) is 2.32. The predicted octanol–water partition coefficient (Wildman–Crippen LogP) is 7.87. The number of benzene rings is 4. The number of anilines is 3. The molecule has 6 aromatic rings. The van der Waals surface area contributed by atoms with Gasteiger partial charge in [0.25, 0.3) is 0 Å². The molecule has 5 heteroatoms. The molecule has 1 spiro atoms. The summed E-state index contributed by atoms with van der Waals surface area (Å²) < 4.78 is 14.0. The van der Waals surface area contributed by atoms with E-state index in [9.17, 15) is 0 Å². The van der Waals surface area contributed by atoms with E-state index in [1.165, 1.54) is 61.7 Å². The average Bonchev–Trinajstić information content (AvgIpc) is 3.61. The van der Waals surface area contributed by atoms with Crippen molar-refractivity contribution in [1.82, 2.24) is 4.68 Å². The van der Waals surface area contributed by atoms with Gasteiger partial charge in [-0.1, -0.05) is 87.0 Å². The maximum atomic E-state index is 6.83. The molecule has 0 saturated carbocycles. The van der Waals surface area contributed by atoms with Crippen LogP contribution in [0, 0.1) is 0 Å². The Balaban J connectivity index is 0.00000121. The summed E-state index contributed by atoms with van der Waals surface area (Å²) in [5.41, 5.74) is 12.9. The number of aromatic nitrogens is 3. The highest BCUT2D eigenvalue weighted by atomic mass is 16.5. The highest BCUT2D eigenvalue weighted by Gasteiger charge is 2.71. The van der Waals surface area contributed by atoms with Crippen LogP contribution in [0.1, 0.15) is 49.9 Å². The zero-order valence-corrected chi connectivity index (χ0v) is 24.6. The molecule has 206 valence electrons. The van der Waals surface area contributed by atoms with Crippen molar-refractivity contribution in [3.8, 4) is 39.4 Å². The van der Waals surface area contributed by atoms with E-state index in [0.29, 0.717) is 0 Å². The van der Waals surface area contributed by atoms with Gasteiger partial charge in [-0.3, -0.25) is 0 Å². The molecule has 0 radical (unpaired) electrons. The van der Waals surface area contributed by atoms with Gasteiger partial charge in [-0.25, -0.2) is 0 Å². The number of pyridine rings is 1. The SMILES string of the molecule is CC.CC1(C)c2cccc3c2N2c4c1ccc1c4C4(c5c(cccc5-n5ccc[n+]54)O1)[n+]1cccc(c12)-c1ccccc1-3. The van der Waals surface area contributed by atoms with Crippen molar-refractivity contribution in [1.29, 1.82) is 0 Å². The number of hydrogen-bond acceptors (Lipinski definition) is 2. The minimum Gasteiger partial charge on any atom is -0.456 e. The van der Waals surface area contributed by atoms with Crippen molar-refractivity contribution in [2.45, 2.75) is 38.8 Å². The standard InChI is InChI=1S/C36H24N4O.C2H6/c1-35(2)25-13-5-11-23-21-9-3-4-10-22(21)24-12-7-18-37-34(24)40(32(23)25)33-26(35)16-17-29-31(33)36(37)30-27(14-6-15-28(30)41-29)38-19-8-20-39(36)38;1-2/h3-20H,1-2H3;1-2H3/q+2;. The summed E-state index contributed by atoms with van der Waals surface area (Å²) in [5, 5.41) is 0. The largest absolute Gasteiger partial charge is 0.456 e. The summed E-state index contributed by atoms with van der Waals surface area (Å²) in [5.74, 6) is 3.02. The fourth-order valence-corrected chi connectivity index (χ4v) is 8.63. The molecule has 0 saturated heterocycles. The number of para-hydroxylation sites is 1. The number of fused-ring (bicyclic) bond motifs is 5. The van der Waals surface area contributed by atoms with Crippen LogP contribution < -0.4 is 18.9 Å². The molecule has 5 aliphatic rings. The third-order valence-corrected chi connectivity index (χ3v) is 10.2. The van der Waals surface area contributed by atoms with Gasteiger partial charge < -0.3 is 4.74 Å². The van der Waals surface area contributed by atoms with E-state index in [-0.39, 0.29) is 5.41 Å². The van der Waals surface area contributed by atoms with Crippen molar-refractivity contribution in [3.63, 3.8) is 0 Å². The lowest BCUT2D eigenvalue weighted by Gasteiger charge is -2.44. The molecule has 1 atom stereocenters. The second-order valence-electron chi connectivity index (χ2n) is 12.3. The first-order valence-corrected chi connectivity index (χ1v) is 15.3. The fraction of sp³-hybridized carbons (Fsp3) is 0.158. The van der Waals surface area contributed by atoms with Crippen LogP contribution in [0.15, 0.2) is 110 Å². The molecule has 1 unspecified atom stereocenters. The van der Waals surface area contributed by atoms with Crippen molar-refractivity contribution in [3.05, 3.63) is 132 Å². The maximum Gasteiger partial charge on any atom is 0.397 e. The van der Waals surface area contributed by atoms with Gasteiger partial charge in [0.05, 0.1) is 18.0 Å². The lowest BCUT2D eigenvalue weighted by Crippen LogP contribution is -2.77. The molecule has 2 aromatic heterocycles. The summed E-state index contributed by atoms with van der Waals surface area (Å²) in [4.78, 5) is 2.56. The zero-order chi connectivity index (χ0) is 28.8. The Labute approximate surface area is 250 Å².